The van der Waals surface area contributed by atoms with Gasteiger partial charge in [-0.2, -0.15) is 0 Å². The summed E-state index contributed by atoms with van der Waals surface area (Å²) in [5, 5.41) is 7.22. The van der Waals surface area contributed by atoms with Crippen molar-refractivity contribution < 1.29 is 14.3 Å². The number of benzene rings is 3. The Morgan fingerprint density at radius 1 is 0.909 bits per heavy atom. The molecule has 5 nitrogen and oxygen atoms in total. The van der Waals surface area contributed by atoms with Crippen molar-refractivity contribution in [3.8, 4) is 11.5 Å². The average molecular weight is 441 g/mol. The lowest BCUT2D eigenvalue weighted by molar-refractivity contribution is -0.116. The first-order valence-corrected chi connectivity index (χ1v) is 11.4. The first-order valence-electron chi connectivity index (χ1n) is 11.4. The number of para-hydroxylation sites is 3. The summed E-state index contributed by atoms with van der Waals surface area (Å²) in [6, 6.07) is 23.9. The lowest BCUT2D eigenvalue weighted by Gasteiger charge is -2.30. The normalized spacial score (nSPS) is 19.5. The zero-order chi connectivity index (χ0) is 22.8. The molecule has 0 fully saturated rings. The number of carbonyl (C=O) groups is 1. The van der Waals surface area contributed by atoms with Crippen molar-refractivity contribution >= 4 is 17.2 Å². The van der Waals surface area contributed by atoms with E-state index in [-0.39, 0.29) is 17.7 Å². The van der Waals surface area contributed by atoms with E-state index in [4.69, 9.17) is 9.47 Å². The van der Waals surface area contributed by atoms with Crippen LogP contribution in [-0.4, -0.2) is 19.5 Å². The van der Waals surface area contributed by atoms with Crippen LogP contribution in [0.4, 0.5) is 11.4 Å². The highest BCUT2D eigenvalue weighted by Crippen LogP contribution is 2.45. The van der Waals surface area contributed by atoms with E-state index in [2.05, 4.69) is 16.7 Å². The number of nitrogens with one attached hydrogen (secondary N) is 2. The fourth-order valence-electron chi connectivity index (χ4n) is 4.86. The van der Waals surface area contributed by atoms with E-state index in [1.165, 1.54) is 0 Å². The second-order valence-corrected chi connectivity index (χ2v) is 8.41. The summed E-state index contributed by atoms with van der Waals surface area (Å²) in [7, 11) is 1.66. The minimum Gasteiger partial charge on any atom is -0.497 e. The van der Waals surface area contributed by atoms with Crippen LogP contribution >= 0.6 is 0 Å². The monoisotopic (exact) mass is 440 g/mol. The number of Topliss-reactive ketones (excluding diaryl/α,β-unsaturated/α-hetero) is 1. The molecule has 3 aromatic rings. The fourth-order valence-corrected chi connectivity index (χ4v) is 4.86. The molecular weight excluding hydrogens is 412 g/mol. The highest BCUT2D eigenvalue weighted by molar-refractivity contribution is 6.01. The Balaban J connectivity index is 1.58. The number of rotatable bonds is 5. The fraction of sp³-hybridized carbons (Fsp3) is 0.250. The van der Waals surface area contributed by atoms with Crippen LogP contribution < -0.4 is 20.1 Å². The van der Waals surface area contributed by atoms with Crippen molar-refractivity contribution in [3.63, 3.8) is 0 Å². The van der Waals surface area contributed by atoms with Gasteiger partial charge in [0.1, 0.15) is 11.5 Å². The van der Waals surface area contributed by atoms with Crippen molar-refractivity contribution in [1.82, 2.24) is 0 Å². The van der Waals surface area contributed by atoms with E-state index in [0.717, 1.165) is 51.7 Å². The molecular formula is C28H28N2O3. The first kappa shape index (κ1) is 21.1. The third-order valence-corrected chi connectivity index (χ3v) is 6.42. The SMILES string of the molecule is CCOc1ccccc1[C@H]1CC(=O)C2=C(C1)Nc1ccccc1N[C@@H]2c1ccc(OC)cc1. The van der Waals surface area contributed by atoms with Gasteiger partial charge in [-0.1, -0.05) is 42.5 Å². The van der Waals surface area contributed by atoms with Gasteiger partial charge in [-0.15, -0.1) is 0 Å². The average Bonchev–Trinajstić information content (AvgIpc) is 3.01. The molecule has 2 atom stereocenters. The van der Waals surface area contributed by atoms with Crippen molar-refractivity contribution in [2.45, 2.75) is 31.7 Å². The number of carbonyl (C=O) groups excluding carboxylic acids is 1. The van der Waals surface area contributed by atoms with E-state index in [1.54, 1.807) is 7.11 Å². The molecule has 3 aromatic carbocycles. The molecule has 0 saturated heterocycles. The highest BCUT2D eigenvalue weighted by atomic mass is 16.5. The summed E-state index contributed by atoms with van der Waals surface area (Å²) in [4.78, 5) is 13.7. The molecule has 0 radical (unpaired) electrons. The van der Waals surface area contributed by atoms with Gasteiger partial charge in [-0.05, 0) is 54.8 Å². The van der Waals surface area contributed by atoms with Crippen molar-refractivity contribution in [2.24, 2.45) is 0 Å². The summed E-state index contributed by atoms with van der Waals surface area (Å²) in [5.41, 5.74) is 5.86. The molecule has 5 rings (SSSR count). The van der Waals surface area contributed by atoms with Crippen LogP contribution in [0.3, 0.4) is 0 Å². The van der Waals surface area contributed by atoms with Crippen LogP contribution in [0, 0.1) is 0 Å². The third-order valence-electron chi connectivity index (χ3n) is 6.42. The molecule has 0 bridgehead atoms. The molecule has 0 aromatic heterocycles. The Morgan fingerprint density at radius 3 is 2.39 bits per heavy atom. The molecule has 1 aliphatic carbocycles. The minimum absolute atomic E-state index is 0.0632. The quantitative estimate of drug-likeness (QED) is 0.504. The topological polar surface area (TPSA) is 59.6 Å². The van der Waals surface area contributed by atoms with Crippen LogP contribution in [0.15, 0.2) is 84.1 Å². The van der Waals surface area contributed by atoms with Gasteiger partial charge in [0.05, 0.1) is 31.1 Å². The predicted octanol–water partition coefficient (Wildman–Crippen LogP) is 6.07. The van der Waals surface area contributed by atoms with Gasteiger partial charge in [0, 0.05) is 23.6 Å². The second-order valence-electron chi connectivity index (χ2n) is 8.41. The highest BCUT2D eigenvalue weighted by Gasteiger charge is 2.36. The lowest BCUT2D eigenvalue weighted by atomic mass is 9.78. The number of ether oxygens (including phenoxy) is 2. The second kappa shape index (κ2) is 9.02. The van der Waals surface area contributed by atoms with Gasteiger partial charge in [0.25, 0.3) is 0 Å². The molecule has 2 aliphatic rings. The van der Waals surface area contributed by atoms with Crippen LogP contribution in [0.1, 0.15) is 42.9 Å². The van der Waals surface area contributed by atoms with E-state index < -0.39 is 0 Å². The Hall–Kier alpha value is -3.73. The van der Waals surface area contributed by atoms with E-state index in [9.17, 15) is 4.79 Å². The molecule has 5 heteroatoms. The van der Waals surface area contributed by atoms with Crippen molar-refractivity contribution in [2.75, 3.05) is 24.4 Å². The Bertz CT molecular complexity index is 1200. The van der Waals surface area contributed by atoms with Crippen molar-refractivity contribution in [3.05, 3.63) is 95.2 Å². The van der Waals surface area contributed by atoms with Gasteiger partial charge >= 0.3 is 0 Å². The maximum absolute atomic E-state index is 13.7. The molecule has 0 saturated carbocycles. The summed E-state index contributed by atoms with van der Waals surface area (Å²) < 4.78 is 11.2. The number of ketones is 1. The molecule has 1 aliphatic heterocycles. The molecule has 1 heterocycles. The Kier molecular flexibility index (Phi) is 5.78. The van der Waals surface area contributed by atoms with Crippen LogP contribution in [0.5, 0.6) is 11.5 Å². The maximum atomic E-state index is 13.7. The number of anilines is 2. The minimum atomic E-state index is -0.238. The number of hydrogen-bond donors (Lipinski definition) is 2. The zero-order valence-electron chi connectivity index (χ0n) is 18.9. The number of allylic oxidation sites excluding steroid dienone is 1. The summed E-state index contributed by atoms with van der Waals surface area (Å²) in [5.74, 6) is 1.87. The zero-order valence-corrected chi connectivity index (χ0v) is 18.9. The molecule has 168 valence electrons. The molecule has 33 heavy (non-hydrogen) atoms. The summed E-state index contributed by atoms with van der Waals surface area (Å²) in [6.45, 7) is 2.58. The van der Waals surface area contributed by atoms with Gasteiger partial charge < -0.3 is 20.1 Å². The van der Waals surface area contributed by atoms with Crippen LogP contribution in [0.25, 0.3) is 0 Å². The van der Waals surface area contributed by atoms with Crippen LogP contribution in [-0.2, 0) is 4.79 Å². The first-order chi connectivity index (χ1) is 16.2. The lowest BCUT2D eigenvalue weighted by Crippen LogP contribution is -2.27. The van der Waals surface area contributed by atoms with Gasteiger partial charge in [0.15, 0.2) is 5.78 Å². The number of methoxy groups -OCH3 is 1. The molecule has 0 amide bonds. The number of hydrogen-bond acceptors (Lipinski definition) is 5. The Labute approximate surface area is 194 Å². The Morgan fingerprint density at radius 2 is 1.64 bits per heavy atom. The van der Waals surface area contributed by atoms with Crippen molar-refractivity contribution in [1.29, 1.82) is 0 Å². The predicted molar refractivity (Wildman–Crippen MR) is 131 cm³/mol. The van der Waals surface area contributed by atoms with Gasteiger partial charge in [-0.3, -0.25) is 4.79 Å². The van der Waals surface area contributed by atoms with Gasteiger partial charge in [-0.25, -0.2) is 0 Å². The largest absolute Gasteiger partial charge is 0.497 e. The van der Waals surface area contributed by atoms with E-state index >= 15 is 0 Å². The smallest absolute Gasteiger partial charge is 0.163 e. The summed E-state index contributed by atoms with van der Waals surface area (Å²) >= 11 is 0. The number of fused-ring (bicyclic) bond motifs is 1. The van der Waals surface area contributed by atoms with E-state index in [1.807, 2.05) is 73.7 Å². The standard InChI is InChI=1S/C28H28N2O3/c1-3-33-26-11-7-4-8-21(26)19-16-24-27(25(31)17-19)28(18-12-14-20(32-2)15-13-18)30-23-10-6-5-9-22(23)29-24/h4-15,19,28-30H,3,16-17H2,1-2H3/t19-,28-/m1/s1. The molecule has 0 unspecified atom stereocenters. The van der Waals surface area contributed by atoms with Crippen LogP contribution in [0.2, 0.25) is 0 Å². The summed E-state index contributed by atoms with van der Waals surface area (Å²) in [6.07, 6.45) is 1.20. The third kappa shape index (κ3) is 4.07. The van der Waals surface area contributed by atoms with Gasteiger partial charge in [0.2, 0.25) is 0 Å². The maximum Gasteiger partial charge on any atom is 0.163 e. The van der Waals surface area contributed by atoms with E-state index in [0.29, 0.717) is 13.0 Å². The molecule has 0 spiro atoms. The molecule has 2 N–H and O–H groups in total.